The predicted molar refractivity (Wildman–Crippen MR) is 74.2 cm³/mol. The van der Waals surface area contributed by atoms with Crippen molar-refractivity contribution in [3.8, 4) is 0 Å². The van der Waals surface area contributed by atoms with Crippen LogP contribution in [-0.4, -0.2) is 14.5 Å². The van der Waals surface area contributed by atoms with Crippen LogP contribution in [0.25, 0.3) is 11.2 Å². The van der Waals surface area contributed by atoms with E-state index in [1.165, 1.54) is 32.1 Å². The number of halogens is 2. The van der Waals surface area contributed by atoms with Gasteiger partial charge in [-0.05, 0) is 18.9 Å². The number of fused-ring (bicyclic) bond motifs is 1. The molecular formula is C13H15Cl2N3. The molecule has 1 aliphatic rings. The molecule has 1 fully saturated rings. The molecule has 2 aromatic rings. The van der Waals surface area contributed by atoms with Crippen molar-refractivity contribution in [2.24, 2.45) is 0 Å². The molecule has 0 aliphatic heterocycles. The highest BCUT2D eigenvalue weighted by Gasteiger charge is 2.21. The Morgan fingerprint density at radius 2 is 2.06 bits per heavy atom. The van der Waals surface area contributed by atoms with E-state index in [2.05, 4.69) is 14.5 Å². The van der Waals surface area contributed by atoms with Crippen molar-refractivity contribution in [2.75, 3.05) is 0 Å². The molecule has 3 nitrogen and oxygen atoms in total. The smallest absolute Gasteiger partial charge is 0.160 e. The summed E-state index contributed by atoms with van der Waals surface area (Å²) in [5.41, 5.74) is 1.77. The SMILES string of the molecule is ClCc1nc2cc(Cl)cnc2n1C1CCCCC1. The van der Waals surface area contributed by atoms with E-state index >= 15 is 0 Å². The monoisotopic (exact) mass is 283 g/mol. The van der Waals surface area contributed by atoms with E-state index in [4.69, 9.17) is 23.2 Å². The Morgan fingerprint density at radius 3 is 2.78 bits per heavy atom. The van der Waals surface area contributed by atoms with E-state index in [9.17, 15) is 0 Å². The normalized spacial score (nSPS) is 17.4. The van der Waals surface area contributed by atoms with Gasteiger partial charge in [-0.15, -0.1) is 11.6 Å². The summed E-state index contributed by atoms with van der Waals surface area (Å²) in [6.45, 7) is 0. The molecule has 0 aromatic carbocycles. The fourth-order valence-corrected chi connectivity index (χ4v) is 3.16. The van der Waals surface area contributed by atoms with Crippen molar-refractivity contribution in [1.82, 2.24) is 14.5 Å². The highest BCUT2D eigenvalue weighted by molar-refractivity contribution is 6.31. The van der Waals surface area contributed by atoms with Gasteiger partial charge in [-0.25, -0.2) is 9.97 Å². The van der Waals surface area contributed by atoms with Gasteiger partial charge in [0.25, 0.3) is 0 Å². The Bertz CT molecular complexity index is 559. The average molecular weight is 284 g/mol. The first-order chi connectivity index (χ1) is 8.79. The van der Waals surface area contributed by atoms with Crippen molar-refractivity contribution in [3.63, 3.8) is 0 Å². The Labute approximate surface area is 116 Å². The minimum Gasteiger partial charge on any atom is -0.309 e. The van der Waals surface area contributed by atoms with Gasteiger partial charge in [0, 0.05) is 12.2 Å². The molecule has 2 heterocycles. The quantitative estimate of drug-likeness (QED) is 0.768. The van der Waals surface area contributed by atoms with E-state index in [0.29, 0.717) is 16.9 Å². The molecular weight excluding hydrogens is 269 g/mol. The van der Waals surface area contributed by atoms with Crippen LogP contribution < -0.4 is 0 Å². The topological polar surface area (TPSA) is 30.7 Å². The second-order valence-electron chi connectivity index (χ2n) is 4.82. The molecule has 2 aromatic heterocycles. The molecule has 0 bridgehead atoms. The van der Waals surface area contributed by atoms with Crippen LogP contribution >= 0.6 is 23.2 Å². The molecule has 0 N–H and O–H groups in total. The molecule has 0 radical (unpaired) electrons. The number of nitrogens with zero attached hydrogens (tertiary/aromatic N) is 3. The summed E-state index contributed by atoms with van der Waals surface area (Å²) in [5.74, 6) is 1.33. The lowest BCUT2D eigenvalue weighted by atomic mass is 9.95. The van der Waals surface area contributed by atoms with Gasteiger partial charge < -0.3 is 4.57 Å². The van der Waals surface area contributed by atoms with Gasteiger partial charge in [-0.3, -0.25) is 0 Å². The number of rotatable bonds is 2. The Morgan fingerprint density at radius 1 is 1.28 bits per heavy atom. The summed E-state index contributed by atoms with van der Waals surface area (Å²) in [6, 6.07) is 2.35. The van der Waals surface area contributed by atoms with Crippen LogP contribution in [0.5, 0.6) is 0 Å². The van der Waals surface area contributed by atoms with Gasteiger partial charge >= 0.3 is 0 Å². The predicted octanol–water partition coefficient (Wildman–Crippen LogP) is 4.33. The standard InChI is InChI=1S/C13H15Cl2N3/c14-7-12-17-11-6-9(15)8-16-13(11)18(12)10-4-2-1-3-5-10/h6,8,10H,1-5,7H2. The fourth-order valence-electron chi connectivity index (χ4n) is 2.82. The van der Waals surface area contributed by atoms with Crippen LogP contribution in [0, 0.1) is 0 Å². The molecule has 1 saturated carbocycles. The maximum Gasteiger partial charge on any atom is 0.160 e. The molecule has 0 spiro atoms. The molecule has 3 rings (SSSR count). The van der Waals surface area contributed by atoms with Gasteiger partial charge in [0.1, 0.15) is 11.3 Å². The summed E-state index contributed by atoms with van der Waals surface area (Å²) in [6.07, 6.45) is 7.96. The lowest BCUT2D eigenvalue weighted by molar-refractivity contribution is 0.353. The first-order valence-electron chi connectivity index (χ1n) is 6.38. The molecule has 0 amide bonds. The summed E-state index contributed by atoms with van der Waals surface area (Å²) in [4.78, 5) is 8.99. The van der Waals surface area contributed by atoms with Crippen molar-refractivity contribution in [2.45, 2.75) is 44.0 Å². The fraction of sp³-hybridized carbons (Fsp3) is 0.538. The third-order valence-electron chi connectivity index (χ3n) is 3.63. The van der Waals surface area contributed by atoms with Gasteiger partial charge in [0.15, 0.2) is 5.65 Å². The van der Waals surface area contributed by atoms with Gasteiger partial charge in [-0.1, -0.05) is 30.9 Å². The highest BCUT2D eigenvalue weighted by atomic mass is 35.5. The second-order valence-corrected chi connectivity index (χ2v) is 5.52. The zero-order valence-electron chi connectivity index (χ0n) is 10.1. The number of pyridine rings is 1. The van der Waals surface area contributed by atoms with Crippen molar-refractivity contribution in [3.05, 3.63) is 23.1 Å². The number of hydrogen-bond donors (Lipinski definition) is 0. The highest BCUT2D eigenvalue weighted by Crippen LogP contribution is 2.32. The Balaban J connectivity index is 2.12. The van der Waals surface area contributed by atoms with E-state index < -0.39 is 0 Å². The summed E-state index contributed by atoms with van der Waals surface area (Å²) >= 11 is 12.0. The minimum absolute atomic E-state index is 0.421. The molecule has 0 unspecified atom stereocenters. The molecule has 0 saturated heterocycles. The zero-order chi connectivity index (χ0) is 12.5. The van der Waals surface area contributed by atoms with Crippen LogP contribution in [0.2, 0.25) is 5.02 Å². The van der Waals surface area contributed by atoms with Crippen LogP contribution in [0.3, 0.4) is 0 Å². The summed E-state index contributed by atoms with van der Waals surface area (Å²) in [5, 5.41) is 0.622. The van der Waals surface area contributed by atoms with E-state index in [0.717, 1.165) is 17.0 Å². The number of alkyl halides is 1. The van der Waals surface area contributed by atoms with Crippen LogP contribution in [0.15, 0.2) is 12.3 Å². The maximum atomic E-state index is 6.02. The second kappa shape index (κ2) is 5.06. The first kappa shape index (κ1) is 12.2. The van der Waals surface area contributed by atoms with Gasteiger partial charge in [-0.2, -0.15) is 0 Å². The Kier molecular flexibility index (Phi) is 3.44. The molecule has 0 atom stereocenters. The van der Waals surface area contributed by atoms with Crippen LogP contribution in [0.4, 0.5) is 0 Å². The third kappa shape index (κ3) is 2.10. The summed E-state index contributed by atoms with van der Waals surface area (Å²) in [7, 11) is 0. The van der Waals surface area contributed by atoms with Crippen molar-refractivity contribution < 1.29 is 0 Å². The molecule has 1 aliphatic carbocycles. The first-order valence-corrected chi connectivity index (χ1v) is 7.29. The number of hydrogen-bond acceptors (Lipinski definition) is 2. The lowest BCUT2D eigenvalue weighted by Gasteiger charge is -2.24. The van der Waals surface area contributed by atoms with E-state index in [1.54, 1.807) is 6.20 Å². The van der Waals surface area contributed by atoms with Crippen LogP contribution in [-0.2, 0) is 5.88 Å². The van der Waals surface area contributed by atoms with Crippen LogP contribution in [0.1, 0.15) is 44.0 Å². The number of imidazole rings is 1. The maximum absolute atomic E-state index is 6.02. The Hall–Kier alpha value is -0.800. The lowest BCUT2D eigenvalue weighted by Crippen LogP contribution is -2.15. The van der Waals surface area contributed by atoms with E-state index in [-0.39, 0.29) is 0 Å². The molecule has 5 heteroatoms. The summed E-state index contributed by atoms with van der Waals surface area (Å²) < 4.78 is 2.22. The minimum atomic E-state index is 0.421. The largest absolute Gasteiger partial charge is 0.309 e. The third-order valence-corrected chi connectivity index (χ3v) is 4.07. The van der Waals surface area contributed by atoms with Crippen molar-refractivity contribution in [1.29, 1.82) is 0 Å². The van der Waals surface area contributed by atoms with Crippen molar-refractivity contribution >= 4 is 34.4 Å². The van der Waals surface area contributed by atoms with Gasteiger partial charge in [0.2, 0.25) is 0 Å². The average Bonchev–Trinajstić information content (AvgIpc) is 2.77. The van der Waals surface area contributed by atoms with E-state index in [1.807, 2.05) is 6.07 Å². The zero-order valence-corrected chi connectivity index (χ0v) is 11.6. The molecule has 18 heavy (non-hydrogen) atoms. The van der Waals surface area contributed by atoms with Gasteiger partial charge in [0.05, 0.1) is 10.9 Å². The number of aromatic nitrogens is 3. The molecule has 96 valence electrons.